The molecule has 2 aromatic carbocycles. The van der Waals surface area contributed by atoms with E-state index >= 15 is 0 Å². The molecule has 0 radical (unpaired) electrons. The molecule has 21 heavy (non-hydrogen) atoms. The van der Waals surface area contributed by atoms with Crippen molar-refractivity contribution in [1.29, 1.82) is 0 Å². The summed E-state index contributed by atoms with van der Waals surface area (Å²) >= 11 is 6.08. The molecule has 1 nitrogen and oxygen atoms in total. The first-order valence-electron chi connectivity index (χ1n) is 7.23. The molecule has 2 rings (SSSR count). The molecule has 0 heterocycles. The Morgan fingerprint density at radius 3 is 2.43 bits per heavy atom. The van der Waals surface area contributed by atoms with Crippen LogP contribution in [0.15, 0.2) is 42.5 Å². The second kappa shape index (κ2) is 7.58. The van der Waals surface area contributed by atoms with Crippen LogP contribution < -0.4 is 5.32 Å². The maximum Gasteiger partial charge on any atom is 0.142 e. The lowest BCUT2D eigenvalue weighted by Gasteiger charge is -2.19. The highest BCUT2D eigenvalue weighted by molar-refractivity contribution is 6.31. The second-order valence-corrected chi connectivity index (χ2v) is 5.85. The number of hydrogen-bond donors (Lipinski definition) is 1. The van der Waals surface area contributed by atoms with Crippen molar-refractivity contribution >= 4 is 11.6 Å². The molecule has 0 aliphatic rings. The van der Waals surface area contributed by atoms with E-state index in [1.54, 1.807) is 6.07 Å². The smallest absolute Gasteiger partial charge is 0.142 e. The standard InChI is InChI=1S/C18H21ClFN/c1-13-6-3-4-7-15(13)10-14(12-21-2)11-16-8-5-9-17(20)18(16)19/h3-9,14,21H,10-12H2,1-2H3. The van der Waals surface area contributed by atoms with Crippen molar-refractivity contribution in [3.05, 3.63) is 70.0 Å². The zero-order valence-electron chi connectivity index (χ0n) is 12.5. The molecule has 112 valence electrons. The number of rotatable bonds is 6. The van der Waals surface area contributed by atoms with Crippen LogP contribution in [-0.4, -0.2) is 13.6 Å². The van der Waals surface area contributed by atoms with Crippen molar-refractivity contribution in [2.45, 2.75) is 19.8 Å². The first-order valence-corrected chi connectivity index (χ1v) is 7.61. The van der Waals surface area contributed by atoms with E-state index in [9.17, 15) is 4.39 Å². The zero-order chi connectivity index (χ0) is 15.2. The van der Waals surface area contributed by atoms with Gasteiger partial charge in [0.2, 0.25) is 0 Å². The van der Waals surface area contributed by atoms with E-state index in [0.29, 0.717) is 5.92 Å². The highest BCUT2D eigenvalue weighted by atomic mass is 35.5. The molecule has 0 bridgehead atoms. The van der Waals surface area contributed by atoms with Gasteiger partial charge in [0.25, 0.3) is 0 Å². The van der Waals surface area contributed by atoms with Crippen molar-refractivity contribution < 1.29 is 4.39 Å². The Morgan fingerprint density at radius 2 is 1.71 bits per heavy atom. The number of nitrogens with one attached hydrogen (secondary N) is 1. The molecule has 0 saturated carbocycles. The predicted octanol–water partition coefficient (Wildman–Crippen LogP) is 4.41. The Kier molecular flexibility index (Phi) is 5.77. The summed E-state index contributed by atoms with van der Waals surface area (Å²) in [6.45, 7) is 3.00. The van der Waals surface area contributed by atoms with Gasteiger partial charge in [0.05, 0.1) is 5.02 Å². The Bertz CT molecular complexity index is 598. The Morgan fingerprint density at radius 1 is 1.05 bits per heavy atom. The summed E-state index contributed by atoms with van der Waals surface area (Å²) in [6, 6.07) is 13.4. The molecule has 0 amide bonds. The van der Waals surface area contributed by atoms with E-state index < -0.39 is 0 Å². The molecule has 0 aromatic heterocycles. The van der Waals surface area contributed by atoms with Gasteiger partial charge in [-0.15, -0.1) is 0 Å². The van der Waals surface area contributed by atoms with Crippen LogP contribution in [0.25, 0.3) is 0 Å². The molecule has 0 aliphatic carbocycles. The van der Waals surface area contributed by atoms with Crippen LogP contribution in [-0.2, 0) is 12.8 Å². The second-order valence-electron chi connectivity index (χ2n) is 5.47. The molecule has 1 N–H and O–H groups in total. The van der Waals surface area contributed by atoms with E-state index in [1.165, 1.54) is 17.2 Å². The maximum absolute atomic E-state index is 13.6. The summed E-state index contributed by atoms with van der Waals surface area (Å²) in [5, 5.41) is 3.48. The van der Waals surface area contributed by atoms with Crippen molar-refractivity contribution in [2.75, 3.05) is 13.6 Å². The topological polar surface area (TPSA) is 12.0 Å². The van der Waals surface area contributed by atoms with E-state index in [-0.39, 0.29) is 10.8 Å². The van der Waals surface area contributed by atoms with Gasteiger partial charge in [-0.1, -0.05) is 48.0 Å². The molecule has 1 unspecified atom stereocenters. The fourth-order valence-electron chi connectivity index (χ4n) is 2.67. The van der Waals surface area contributed by atoms with Gasteiger partial charge in [-0.05, 0) is 62.0 Å². The fourth-order valence-corrected chi connectivity index (χ4v) is 2.88. The monoisotopic (exact) mass is 305 g/mol. The van der Waals surface area contributed by atoms with E-state index in [1.807, 2.05) is 13.1 Å². The third-order valence-corrected chi connectivity index (χ3v) is 4.23. The summed E-state index contributed by atoms with van der Waals surface area (Å²) in [5.74, 6) is 0.0451. The molecule has 0 spiro atoms. The Hall–Kier alpha value is -1.38. The van der Waals surface area contributed by atoms with Crippen LogP contribution in [0.4, 0.5) is 4.39 Å². The summed E-state index contributed by atoms with van der Waals surface area (Å²) in [4.78, 5) is 0. The summed E-state index contributed by atoms with van der Waals surface area (Å²) in [5.41, 5.74) is 3.51. The predicted molar refractivity (Wildman–Crippen MR) is 87.4 cm³/mol. The van der Waals surface area contributed by atoms with Crippen LogP contribution in [0, 0.1) is 18.7 Å². The molecule has 0 aliphatic heterocycles. The Labute approximate surface area is 131 Å². The first-order chi connectivity index (χ1) is 10.1. The molecular formula is C18H21ClFN. The van der Waals surface area contributed by atoms with Crippen LogP contribution in [0.3, 0.4) is 0 Å². The SMILES string of the molecule is CNCC(Cc1ccccc1C)Cc1cccc(F)c1Cl. The highest BCUT2D eigenvalue weighted by Gasteiger charge is 2.14. The molecular weight excluding hydrogens is 285 g/mol. The average molecular weight is 306 g/mol. The van der Waals surface area contributed by atoms with Crippen LogP contribution in [0.5, 0.6) is 0 Å². The van der Waals surface area contributed by atoms with Crippen LogP contribution in [0.2, 0.25) is 5.02 Å². The third kappa shape index (κ3) is 4.29. The van der Waals surface area contributed by atoms with Gasteiger partial charge >= 0.3 is 0 Å². The maximum atomic E-state index is 13.6. The largest absolute Gasteiger partial charge is 0.319 e. The minimum Gasteiger partial charge on any atom is -0.319 e. The van der Waals surface area contributed by atoms with Crippen LogP contribution in [0.1, 0.15) is 16.7 Å². The lowest BCUT2D eigenvalue weighted by molar-refractivity contribution is 0.491. The van der Waals surface area contributed by atoms with Gasteiger partial charge in [0, 0.05) is 0 Å². The van der Waals surface area contributed by atoms with Gasteiger partial charge in [-0.3, -0.25) is 0 Å². The molecule has 2 aromatic rings. The van der Waals surface area contributed by atoms with Crippen molar-refractivity contribution in [1.82, 2.24) is 5.32 Å². The van der Waals surface area contributed by atoms with Gasteiger partial charge in [0.15, 0.2) is 0 Å². The number of benzene rings is 2. The average Bonchev–Trinajstić information content (AvgIpc) is 2.46. The highest BCUT2D eigenvalue weighted by Crippen LogP contribution is 2.24. The van der Waals surface area contributed by atoms with E-state index in [4.69, 9.17) is 11.6 Å². The zero-order valence-corrected chi connectivity index (χ0v) is 13.3. The molecule has 1 atom stereocenters. The molecule has 0 fully saturated rings. The van der Waals surface area contributed by atoms with Crippen molar-refractivity contribution in [3.8, 4) is 0 Å². The minimum absolute atomic E-state index is 0.253. The van der Waals surface area contributed by atoms with Crippen molar-refractivity contribution in [3.63, 3.8) is 0 Å². The number of aryl methyl sites for hydroxylation is 1. The summed E-state index contributed by atoms with van der Waals surface area (Å²) in [7, 11) is 1.94. The molecule has 3 heteroatoms. The fraction of sp³-hybridized carbons (Fsp3) is 0.333. The lowest BCUT2D eigenvalue weighted by Crippen LogP contribution is -2.23. The van der Waals surface area contributed by atoms with Crippen molar-refractivity contribution in [2.24, 2.45) is 5.92 Å². The van der Waals surface area contributed by atoms with Crippen LogP contribution >= 0.6 is 11.6 Å². The number of hydrogen-bond acceptors (Lipinski definition) is 1. The normalized spacial score (nSPS) is 12.4. The number of halogens is 2. The first kappa shape index (κ1) is 16.0. The third-order valence-electron chi connectivity index (χ3n) is 3.80. The Balaban J connectivity index is 2.16. The lowest BCUT2D eigenvalue weighted by atomic mass is 9.90. The van der Waals surface area contributed by atoms with E-state index in [2.05, 4.69) is 36.5 Å². The van der Waals surface area contributed by atoms with E-state index in [0.717, 1.165) is 24.9 Å². The summed E-state index contributed by atoms with van der Waals surface area (Å²) in [6.07, 6.45) is 1.73. The quantitative estimate of drug-likeness (QED) is 0.833. The molecule has 0 saturated heterocycles. The summed E-state index contributed by atoms with van der Waals surface area (Å²) < 4.78 is 13.6. The minimum atomic E-state index is -0.340. The van der Waals surface area contributed by atoms with Gasteiger partial charge in [-0.2, -0.15) is 0 Å². The van der Waals surface area contributed by atoms with Gasteiger partial charge < -0.3 is 5.32 Å². The van der Waals surface area contributed by atoms with Gasteiger partial charge in [0.1, 0.15) is 5.82 Å². The van der Waals surface area contributed by atoms with Gasteiger partial charge in [-0.25, -0.2) is 4.39 Å².